The van der Waals surface area contributed by atoms with Crippen LogP contribution in [0, 0.1) is 11.8 Å². The predicted octanol–water partition coefficient (Wildman–Crippen LogP) is -1.29. The van der Waals surface area contributed by atoms with Gasteiger partial charge >= 0.3 is 11.9 Å². The molecule has 2 heterocycles. The molecule has 39 heavy (non-hydrogen) atoms. The monoisotopic (exact) mass is 550 g/mol. The largest absolute Gasteiger partial charge is 0.508 e. The average Bonchev–Trinajstić information content (AvgIpc) is 3.27. The van der Waals surface area contributed by atoms with Gasteiger partial charge in [0.1, 0.15) is 36.8 Å². The number of rotatable bonds is 8. The van der Waals surface area contributed by atoms with E-state index in [1.807, 2.05) is 0 Å². The molecule has 1 aliphatic carbocycles. The Morgan fingerprint density at radius 1 is 1.00 bits per heavy atom. The van der Waals surface area contributed by atoms with Gasteiger partial charge in [0, 0.05) is 12.0 Å². The first-order chi connectivity index (χ1) is 18.6. The Kier molecular flexibility index (Phi) is 9.02. The van der Waals surface area contributed by atoms with Crippen LogP contribution in [0.25, 0.3) is 6.08 Å². The quantitative estimate of drug-likeness (QED) is 0.127. The molecule has 0 spiro atoms. The Balaban J connectivity index is 1.51. The summed E-state index contributed by atoms with van der Waals surface area (Å²) in [4.78, 5) is 24.7. The third-order valence-corrected chi connectivity index (χ3v) is 6.77. The number of hydrogen-bond acceptors (Lipinski definition) is 13. The van der Waals surface area contributed by atoms with Gasteiger partial charge in [-0.05, 0) is 29.3 Å². The summed E-state index contributed by atoms with van der Waals surface area (Å²) >= 11 is 0. The first-order valence-corrected chi connectivity index (χ1v) is 12.1. The van der Waals surface area contributed by atoms with E-state index in [1.54, 1.807) is 12.1 Å². The standard InChI is InChI=1S/C26H30O13/c1-35-24(34)15-11-37-25(39-26-23(33)22(32)21(31)17(9-27)38-26)19-13(8-16(29)20(15)19)10-36-18(30)7-4-12-2-5-14(28)6-3-12/h2-8,11,16-17,19-23,25-29,31-33H,9-10H2,1H3/t16-,17-,19-,20+,21-,22+,23-,25+,26+/m1/s1. The van der Waals surface area contributed by atoms with Crippen molar-refractivity contribution < 1.29 is 63.9 Å². The van der Waals surface area contributed by atoms with E-state index >= 15 is 0 Å². The van der Waals surface area contributed by atoms with Crippen LogP contribution in [0.1, 0.15) is 5.56 Å². The molecule has 0 aromatic heterocycles. The Bertz CT molecular complexity index is 1130. The highest BCUT2D eigenvalue weighted by Gasteiger charge is 2.52. The number of fused-ring (bicyclic) bond motifs is 1. The van der Waals surface area contributed by atoms with Crippen molar-refractivity contribution in [2.24, 2.45) is 11.8 Å². The number of ether oxygens (including phenoxy) is 5. The molecule has 2 aliphatic heterocycles. The third-order valence-electron chi connectivity index (χ3n) is 6.77. The number of carbonyl (C=O) groups is 2. The maximum absolute atomic E-state index is 12.4. The van der Waals surface area contributed by atoms with E-state index in [1.165, 1.54) is 30.4 Å². The molecule has 13 nitrogen and oxygen atoms in total. The molecular formula is C26H30O13. The molecule has 0 bridgehead atoms. The maximum atomic E-state index is 12.4. The lowest BCUT2D eigenvalue weighted by molar-refractivity contribution is -0.340. The Hall–Kier alpha value is -3.30. The van der Waals surface area contributed by atoms with Crippen LogP contribution in [0.2, 0.25) is 0 Å². The van der Waals surface area contributed by atoms with Crippen molar-refractivity contribution >= 4 is 18.0 Å². The second-order valence-corrected chi connectivity index (χ2v) is 9.22. The first kappa shape index (κ1) is 28.7. The molecule has 1 fully saturated rings. The van der Waals surface area contributed by atoms with Gasteiger partial charge in [-0.15, -0.1) is 0 Å². The Morgan fingerprint density at radius 2 is 1.72 bits per heavy atom. The Morgan fingerprint density at radius 3 is 2.38 bits per heavy atom. The minimum Gasteiger partial charge on any atom is -0.508 e. The highest BCUT2D eigenvalue weighted by Crippen LogP contribution is 2.45. The van der Waals surface area contributed by atoms with Gasteiger partial charge in [-0.3, -0.25) is 0 Å². The number of hydrogen-bond donors (Lipinski definition) is 6. The molecule has 212 valence electrons. The molecule has 1 saturated heterocycles. The van der Waals surface area contributed by atoms with Crippen molar-refractivity contribution in [3.05, 3.63) is 59.4 Å². The van der Waals surface area contributed by atoms with Crippen molar-refractivity contribution in [2.45, 2.75) is 43.1 Å². The van der Waals surface area contributed by atoms with Crippen LogP contribution in [0.3, 0.4) is 0 Å². The Labute approximate surface area is 222 Å². The van der Waals surface area contributed by atoms with Gasteiger partial charge in [-0.25, -0.2) is 9.59 Å². The normalized spacial score (nSPS) is 34.1. The number of methoxy groups -OCH3 is 1. The molecule has 0 radical (unpaired) electrons. The van der Waals surface area contributed by atoms with Crippen molar-refractivity contribution in [2.75, 3.05) is 20.3 Å². The fraction of sp³-hybridized carbons (Fsp3) is 0.462. The zero-order valence-electron chi connectivity index (χ0n) is 20.8. The van der Waals surface area contributed by atoms with E-state index < -0.39 is 73.5 Å². The van der Waals surface area contributed by atoms with Gasteiger partial charge in [0.05, 0.1) is 37.6 Å². The lowest BCUT2D eigenvalue weighted by atomic mass is 9.82. The number of phenolic OH excluding ortho intramolecular Hbond substituents is 1. The van der Waals surface area contributed by atoms with Crippen LogP contribution in [0.4, 0.5) is 0 Å². The summed E-state index contributed by atoms with van der Waals surface area (Å²) in [7, 11) is 1.16. The minimum atomic E-state index is -1.72. The van der Waals surface area contributed by atoms with Gasteiger partial charge < -0.3 is 54.3 Å². The fourth-order valence-corrected chi connectivity index (χ4v) is 4.73. The second kappa shape index (κ2) is 12.3. The van der Waals surface area contributed by atoms with Crippen molar-refractivity contribution in [1.29, 1.82) is 0 Å². The highest BCUT2D eigenvalue weighted by atomic mass is 16.8. The van der Waals surface area contributed by atoms with Crippen molar-refractivity contribution in [3.63, 3.8) is 0 Å². The summed E-state index contributed by atoms with van der Waals surface area (Å²) in [5.41, 5.74) is 0.971. The molecule has 4 rings (SSSR count). The molecule has 3 aliphatic rings. The molecule has 6 N–H and O–H groups in total. The number of aliphatic hydroxyl groups is 5. The van der Waals surface area contributed by atoms with Gasteiger partial charge in [-0.1, -0.05) is 18.2 Å². The van der Waals surface area contributed by atoms with E-state index in [0.29, 0.717) is 11.1 Å². The van der Waals surface area contributed by atoms with E-state index in [9.17, 15) is 40.2 Å². The third kappa shape index (κ3) is 6.15. The maximum Gasteiger partial charge on any atom is 0.337 e. The van der Waals surface area contributed by atoms with E-state index in [4.69, 9.17) is 23.7 Å². The van der Waals surface area contributed by atoms with E-state index in [0.717, 1.165) is 13.4 Å². The fourth-order valence-electron chi connectivity index (χ4n) is 4.73. The average molecular weight is 551 g/mol. The van der Waals surface area contributed by atoms with Crippen LogP contribution in [0.5, 0.6) is 5.75 Å². The summed E-state index contributed by atoms with van der Waals surface area (Å²) in [6.07, 6.45) is -5.25. The van der Waals surface area contributed by atoms with Crippen LogP contribution >= 0.6 is 0 Å². The second-order valence-electron chi connectivity index (χ2n) is 9.22. The number of carbonyl (C=O) groups excluding carboxylic acids is 2. The summed E-state index contributed by atoms with van der Waals surface area (Å²) in [5, 5.41) is 60.1. The smallest absolute Gasteiger partial charge is 0.337 e. The predicted molar refractivity (Wildman–Crippen MR) is 129 cm³/mol. The molecule has 0 unspecified atom stereocenters. The van der Waals surface area contributed by atoms with Gasteiger partial charge in [0.25, 0.3) is 0 Å². The number of esters is 2. The molecule has 1 aromatic carbocycles. The lowest BCUT2D eigenvalue weighted by Gasteiger charge is -2.43. The highest BCUT2D eigenvalue weighted by molar-refractivity contribution is 5.89. The summed E-state index contributed by atoms with van der Waals surface area (Å²) in [5.74, 6) is -3.25. The summed E-state index contributed by atoms with van der Waals surface area (Å²) in [6.45, 7) is -0.990. The zero-order valence-corrected chi connectivity index (χ0v) is 20.8. The molecule has 9 atom stereocenters. The van der Waals surface area contributed by atoms with Gasteiger partial charge in [-0.2, -0.15) is 0 Å². The number of benzene rings is 1. The van der Waals surface area contributed by atoms with Crippen LogP contribution in [-0.2, 0) is 33.3 Å². The number of aromatic hydroxyl groups is 1. The molecule has 1 aromatic rings. The topological polar surface area (TPSA) is 202 Å². The lowest BCUT2D eigenvalue weighted by Crippen LogP contribution is -2.60. The van der Waals surface area contributed by atoms with Crippen LogP contribution < -0.4 is 0 Å². The van der Waals surface area contributed by atoms with Gasteiger partial charge in [0.15, 0.2) is 6.29 Å². The molecular weight excluding hydrogens is 520 g/mol. The number of aliphatic hydroxyl groups excluding tert-OH is 5. The summed E-state index contributed by atoms with van der Waals surface area (Å²) < 4.78 is 26.9. The zero-order chi connectivity index (χ0) is 28.3. The molecule has 0 amide bonds. The van der Waals surface area contributed by atoms with E-state index in [-0.39, 0.29) is 17.9 Å². The first-order valence-electron chi connectivity index (χ1n) is 12.1. The number of phenols is 1. The summed E-state index contributed by atoms with van der Waals surface area (Å²) in [6, 6.07) is 6.11. The van der Waals surface area contributed by atoms with Gasteiger partial charge in [0.2, 0.25) is 6.29 Å². The van der Waals surface area contributed by atoms with E-state index in [2.05, 4.69) is 0 Å². The molecule has 13 heteroatoms. The van der Waals surface area contributed by atoms with Crippen molar-refractivity contribution in [3.8, 4) is 5.75 Å². The minimum absolute atomic E-state index is 0.00606. The van der Waals surface area contributed by atoms with Crippen LogP contribution in [0.15, 0.2) is 53.8 Å². The van der Waals surface area contributed by atoms with Crippen LogP contribution in [-0.4, -0.2) is 106 Å². The van der Waals surface area contributed by atoms with Crippen molar-refractivity contribution in [1.82, 2.24) is 0 Å². The molecule has 0 saturated carbocycles. The SMILES string of the molecule is COC(=O)C1=CO[C@@H](O[C@@H]2O[C@H](CO)[C@@H](O)[C@H](O)[C@H]2O)[C@@H]2C(COC(=O)C=Cc3ccc(O)cc3)=C[C@@H](O)[C@H]12.